The third-order valence-electron chi connectivity index (χ3n) is 4.71. The van der Waals surface area contributed by atoms with Crippen LogP contribution in [0.5, 0.6) is 0 Å². The molecule has 0 amide bonds. The maximum atomic E-state index is 12.7. The highest BCUT2D eigenvalue weighted by atomic mass is 32.2. The number of aromatic nitrogens is 4. The number of hydrogen-bond donors (Lipinski definition) is 0. The number of aryl methyl sites for hydroxylation is 1. The third kappa shape index (κ3) is 2.91. The van der Waals surface area contributed by atoms with Crippen LogP contribution in [0.25, 0.3) is 11.2 Å². The van der Waals surface area contributed by atoms with Crippen LogP contribution in [0.2, 0.25) is 0 Å². The average Bonchev–Trinajstić information content (AvgIpc) is 3.22. The second-order valence-electron chi connectivity index (χ2n) is 6.34. The molecule has 130 valence electrons. The lowest BCUT2D eigenvalue weighted by atomic mass is 10.1. The Morgan fingerprint density at radius 1 is 1.24 bits per heavy atom. The highest BCUT2D eigenvalue weighted by Crippen LogP contribution is 2.26. The summed E-state index contributed by atoms with van der Waals surface area (Å²) in [6, 6.07) is 7.05. The van der Waals surface area contributed by atoms with Gasteiger partial charge in [0.15, 0.2) is 5.65 Å². The van der Waals surface area contributed by atoms with Crippen LogP contribution < -0.4 is 0 Å². The molecule has 1 aliphatic rings. The third-order valence-corrected chi connectivity index (χ3v) is 6.56. The molecule has 0 aliphatic carbocycles. The Hall–Kier alpha value is -2.32. The number of fused-ring (bicyclic) bond motifs is 1. The highest BCUT2D eigenvalue weighted by molar-refractivity contribution is 7.89. The number of hydrogen-bond acceptors (Lipinski definition) is 5. The average molecular weight is 357 g/mol. The van der Waals surface area contributed by atoms with Crippen molar-refractivity contribution in [3.63, 3.8) is 0 Å². The Morgan fingerprint density at radius 2 is 2.08 bits per heavy atom. The smallest absolute Gasteiger partial charge is 0.244 e. The normalized spacial score (nSPS) is 18.8. The van der Waals surface area contributed by atoms with E-state index in [0.29, 0.717) is 13.1 Å². The predicted molar refractivity (Wildman–Crippen MR) is 93.3 cm³/mol. The maximum Gasteiger partial charge on any atom is 0.244 e. The summed E-state index contributed by atoms with van der Waals surface area (Å²) >= 11 is 0. The van der Waals surface area contributed by atoms with Gasteiger partial charge in [-0.2, -0.15) is 4.31 Å². The molecule has 4 heterocycles. The van der Waals surface area contributed by atoms with E-state index in [0.717, 1.165) is 29.8 Å². The van der Waals surface area contributed by atoms with Gasteiger partial charge in [-0.1, -0.05) is 0 Å². The molecule has 3 aromatic heterocycles. The Labute approximate surface area is 146 Å². The minimum absolute atomic E-state index is 0.252. The van der Waals surface area contributed by atoms with E-state index in [-0.39, 0.29) is 10.8 Å². The van der Waals surface area contributed by atoms with E-state index in [1.54, 1.807) is 28.8 Å². The first kappa shape index (κ1) is 16.2. The van der Waals surface area contributed by atoms with Gasteiger partial charge in [0.1, 0.15) is 16.2 Å². The molecule has 0 spiro atoms. The first-order valence-corrected chi connectivity index (χ1v) is 9.66. The van der Waals surface area contributed by atoms with Crippen LogP contribution >= 0.6 is 0 Å². The van der Waals surface area contributed by atoms with Crippen LogP contribution in [-0.4, -0.2) is 45.3 Å². The quantitative estimate of drug-likeness (QED) is 0.709. The number of pyridine rings is 2. The number of imidazole rings is 1. The van der Waals surface area contributed by atoms with Crippen LogP contribution in [0, 0.1) is 5.92 Å². The molecular formula is C17H19N5O2S. The van der Waals surface area contributed by atoms with Crippen molar-refractivity contribution < 1.29 is 8.42 Å². The maximum absolute atomic E-state index is 12.7. The van der Waals surface area contributed by atoms with Gasteiger partial charge in [-0.05, 0) is 36.6 Å². The fourth-order valence-corrected chi connectivity index (χ4v) is 4.84. The lowest BCUT2D eigenvalue weighted by molar-refractivity contribution is 0.451. The molecule has 1 atom stereocenters. The van der Waals surface area contributed by atoms with Crippen LogP contribution in [0.4, 0.5) is 0 Å². The van der Waals surface area contributed by atoms with Gasteiger partial charge in [0, 0.05) is 45.1 Å². The van der Waals surface area contributed by atoms with E-state index in [4.69, 9.17) is 0 Å². The summed E-state index contributed by atoms with van der Waals surface area (Å²) in [5.74, 6) is 1.20. The van der Waals surface area contributed by atoms with Gasteiger partial charge in [0.05, 0.1) is 0 Å². The van der Waals surface area contributed by atoms with Crippen molar-refractivity contribution in [1.29, 1.82) is 0 Å². The van der Waals surface area contributed by atoms with Crippen molar-refractivity contribution in [3.8, 4) is 0 Å². The van der Waals surface area contributed by atoms with E-state index in [2.05, 4.69) is 15.0 Å². The summed E-state index contributed by atoms with van der Waals surface area (Å²) in [4.78, 5) is 13.2. The summed E-state index contributed by atoms with van der Waals surface area (Å²) in [5, 5.41) is 0. The SMILES string of the molecule is Cn1c(CC2CCN(S(=O)(=O)c3cccnc3)C2)nc2cccnc21. The lowest BCUT2D eigenvalue weighted by Gasteiger charge is -2.16. The predicted octanol–water partition coefficient (Wildman–Crippen LogP) is 1.62. The molecule has 0 radical (unpaired) electrons. The van der Waals surface area contributed by atoms with E-state index in [1.807, 2.05) is 23.7 Å². The van der Waals surface area contributed by atoms with Crippen molar-refractivity contribution in [2.24, 2.45) is 13.0 Å². The van der Waals surface area contributed by atoms with Gasteiger partial charge in [-0.15, -0.1) is 0 Å². The molecule has 1 unspecified atom stereocenters. The largest absolute Gasteiger partial charge is 0.316 e. The molecule has 1 aliphatic heterocycles. The molecule has 8 heteroatoms. The first-order chi connectivity index (χ1) is 12.1. The Morgan fingerprint density at radius 3 is 2.84 bits per heavy atom. The summed E-state index contributed by atoms with van der Waals surface area (Å²) in [5.41, 5.74) is 1.73. The van der Waals surface area contributed by atoms with Gasteiger partial charge in [0.2, 0.25) is 10.0 Å². The Bertz CT molecular complexity index is 1000. The van der Waals surface area contributed by atoms with Crippen molar-refractivity contribution in [2.75, 3.05) is 13.1 Å². The van der Waals surface area contributed by atoms with Gasteiger partial charge >= 0.3 is 0 Å². The van der Waals surface area contributed by atoms with Crippen molar-refractivity contribution >= 4 is 21.2 Å². The van der Waals surface area contributed by atoms with Crippen molar-refractivity contribution in [1.82, 2.24) is 23.8 Å². The zero-order valence-electron chi connectivity index (χ0n) is 13.9. The number of rotatable bonds is 4. The second-order valence-corrected chi connectivity index (χ2v) is 8.28. The molecular weight excluding hydrogens is 338 g/mol. The van der Waals surface area contributed by atoms with E-state index in [9.17, 15) is 8.42 Å². The second kappa shape index (κ2) is 6.20. The van der Waals surface area contributed by atoms with Gasteiger partial charge in [-0.3, -0.25) is 4.98 Å². The van der Waals surface area contributed by atoms with E-state index in [1.165, 1.54) is 6.20 Å². The molecule has 0 bridgehead atoms. The summed E-state index contributed by atoms with van der Waals surface area (Å²) in [6.45, 7) is 1.04. The molecule has 0 N–H and O–H groups in total. The zero-order chi connectivity index (χ0) is 17.4. The summed E-state index contributed by atoms with van der Waals surface area (Å²) in [7, 11) is -1.51. The minimum Gasteiger partial charge on any atom is -0.316 e. The number of sulfonamides is 1. The molecule has 1 saturated heterocycles. The summed E-state index contributed by atoms with van der Waals surface area (Å²) in [6.07, 6.45) is 6.30. The molecule has 7 nitrogen and oxygen atoms in total. The van der Waals surface area contributed by atoms with Gasteiger partial charge < -0.3 is 4.57 Å². The van der Waals surface area contributed by atoms with Crippen LogP contribution in [0.3, 0.4) is 0 Å². The topological polar surface area (TPSA) is 81.0 Å². The van der Waals surface area contributed by atoms with Crippen molar-refractivity contribution in [3.05, 3.63) is 48.7 Å². The van der Waals surface area contributed by atoms with Crippen LogP contribution in [-0.2, 0) is 23.5 Å². The Balaban J connectivity index is 1.52. The standard InChI is InChI=1S/C17H19N5O2S/c1-21-16(20-15-5-3-8-19-17(15)21)10-13-6-9-22(12-13)25(23,24)14-4-2-7-18-11-14/h2-5,7-8,11,13H,6,9-10,12H2,1H3. The first-order valence-electron chi connectivity index (χ1n) is 8.22. The van der Waals surface area contributed by atoms with Gasteiger partial charge in [-0.25, -0.2) is 18.4 Å². The molecule has 25 heavy (non-hydrogen) atoms. The number of nitrogens with zero attached hydrogens (tertiary/aromatic N) is 5. The van der Waals surface area contributed by atoms with Crippen molar-refractivity contribution in [2.45, 2.75) is 17.7 Å². The Kier molecular flexibility index (Phi) is 4.01. The highest BCUT2D eigenvalue weighted by Gasteiger charge is 2.33. The van der Waals surface area contributed by atoms with E-state index < -0.39 is 10.0 Å². The summed E-state index contributed by atoms with van der Waals surface area (Å²) < 4.78 is 28.9. The fourth-order valence-electron chi connectivity index (χ4n) is 3.34. The minimum atomic E-state index is -3.47. The molecule has 0 aromatic carbocycles. The molecule has 0 saturated carbocycles. The zero-order valence-corrected chi connectivity index (χ0v) is 14.7. The lowest BCUT2D eigenvalue weighted by Crippen LogP contribution is -2.29. The van der Waals surface area contributed by atoms with E-state index >= 15 is 0 Å². The van der Waals surface area contributed by atoms with Crippen LogP contribution in [0.15, 0.2) is 47.8 Å². The monoisotopic (exact) mass is 357 g/mol. The molecule has 1 fully saturated rings. The van der Waals surface area contributed by atoms with Gasteiger partial charge in [0.25, 0.3) is 0 Å². The fraction of sp³-hybridized carbons (Fsp3) is 0.353. The van der Waals surface area contributed by atoms with Crippen LogP contribution in [0.1, 0.15) is 12.2 Å². The molecule has 4 rings (SSSR count). The molecule has 3 aromatic rings.